The highest BCUT2D eigenvalue weighted by molar-refractivity contribution is 7.98. The number of ether oxygens (including phenoxy) is 2. The molecule has 0 amide bonds. The van der Waals surface area contributed by atoms with Crippen molar-refractivity contribution < 1.29 is 13.9 Å². The van der Waals surface area contributed by atoms with Gasteiger partial charge in [-0.15, -0.1) is 10.2 Å². The van der Waals surface area contributed by atoms with E-state index in [0.717, 1.165) is 22.0 Å². The molecule has 6 nitrogen and oxygen atoms in total. The van der Waals surface area contributed by atoms with Gasteiger partial charge in [-0.05, 0) is 29.8 Å². The van der Waals surface area contributed by atoms with Gasteiger partial charge in [-0.2, -0.15) is 0 Å². The van der Waals surface area contributed by atoms with Crippen LogP contribution in [0.4, 0.5) is 0 Å². The van der Waals surface area contributed by atoms with Crippen LogP contribution in [-0.2, 0) is 5.75 Å². The van der Waals surface area contributed by atoms with Crippen LogP contribution in [0.3, 0.4) is 0 Å². The summed E-state index contributed by atoms with van der Waals surface area (Å²) in [5.41, 5.74) is 2.90. The van der Waals surface area contributed by atoms with Crippen molar-refractivity contribution in [2.75, 3.05) is 14.2 Å². The monoisotopic (exact) mass is 379 g/mol. The third kappa shape index (κ3) is 3.59. The maximum absolute atomic E-state index is 5.80. The maximum Gasteiger partial charge on any atom is 0.277 e. The Hall–Kier alpha value is -3.06. The minimum atomic E-state index is 0.439. The molecule has 0 aliphatic heterocycles. The molecule has 0 saturated carbocycles. The standard InChI is InChI=1S/C20H17N3O3S/c1-24-16-9-8-14(11-17(16)25-2)19-22-23-20(26-19)27-12-15-6-3-5-13-7-4-10-21-18(13)15/h3-11H,12H2,1-2H3. The summed E-state index contributed by atoms with van der Waals surface area (Å²) in [7, 11) is 3.19. The zero-order valence-electron chi connectivity index (χ0n) is 14.9. The van der Waals surface area contributed by atoms with E-state index in [9.17, 15) is 0 Å². The average molecular weight is 379 g/mol. The van der Waals surface area contributed by atoms with Crippen molar-refractivity contribution >= 4 is 22.7 Å². The Morgan fingerprint density at radius 1 is 0.963 bits per heavy atom. The maximum atomic E-state index is 5.80. The number of aromatic nitrogens is 3. The van der Waals surface area contributed by atoms with E-state index in [0.29, 0.717) is 28.4 Å². The summed E-state index contributed by atoms with van der Waals surface area (Å²) in [6, 6.07) is 15.6. The van der Waals surface area contributed by atoms with Gasteiger partial charge in [-0.1, -0.05) is 36.0 Å². The van der Waals surface area contributed by atoms with Crippen LogP contribution in [0.25, 0.3) is 22.4 Å². The second kappa shape index (κ2) is 7.67. The van der Waals surface area contributed by atoms with Crippen LogP contribution in [0.15, 0.2) is 64.4 Å². The first kappa shape index (κ1) is 17.4. The quantitative estimate of drug-likeness (QED) is 0.454. The van der Waals surface area contributed by atoms with Crippen molar-refractivity contribution in [2.24, 2.45) is 0 Å². The van der Waals surface area contributed by atoms with E-state index in [-0.39, 0.29) is 0 Å². The fourth-order valence-electron chi connectivity index (χ4n) is 2.78. The van der Waals surface area contributed by atoms with Crippen molar-refractivity contribution in [2.45, 2.75) is 11.0 Å². The highest BCUT2D eigenvalue weighted by Crippen LogP contribution is 2.33. The Morgan fingerprint density at radius 3 is 2.67 bits per heavy atom. The van der Waals surface area contributed by atoms with Crippen LogP contribution < -0.4 is 9.47 Å². The van der Waals surface area contributed by atoms with Crippen molar-refractivity contribution in [3.8, 4) is 23.0 Å². The molecular weight excluding hydrogens is 362 g/mol. The fraction of sp³-hybridized carbons (Fsp3) is 0.150. The van der Waals surface area contributed by atoms with Crippen LogP contribution in [0.1, 0.15) is 5.56 Å². The molecule has 2 aromatic heterocycles. The van der Waals surface area contributed by atoms with Gasteiger partial charge in [0.25, 0.3) is 5.22 Å². The van der Waals surface area contributed by atoms with Gasteiger partial charge >= 0.3 is 0 Å². The lowest BCUT2D eigenvalue weighted by molar-refractivity contribution is 0.355. The third-order valence-corrected chi connectivity index (χ3v) is 4.97. The van der Waals surface area contributed by atoms with Gasteiger partial charge < -0.3 is 13.9 Å². The van der Waals surface area contributed by atoms with E-state index in [1.807, 2.05) is 30.3 Å². The zero-order valence-corrected chi connectivity index (χ0v) is 15.7. The Morgan fingerprint density at radius 2 is 1.81 bits per heavy atom. The van der Waals surface area contributed by atoms with E-state index < -0.39 is 0 Å². The molecule has 2 heterocycles. The van der Waals surface area contributed by atoms with E-state index in [1.54, 1.807) is 20.4 Å². The molecule has 0 spiro atoms. The Labute approximate surface area is 160 Å². The normalized spacial score (nSPS) is 10.9. The predicted molar refractivity (Wildman–Crippen MR) is 104 cm³/mol. The minimum absolute atomic E-state index is 0.439. The summed E-state index contributed by atoms with van der Waals surface area (Å²) in [4.78, 5) is 4.48. The van der Waals surface area contributed by atoms with Gasteiger partial charge in [0.2, 0.25) is 5.89 Å². The molecule has 7 heteroatoms. The molecule has 4 rings (SSSR count). The van der Waals surface area contributed by atoms with Crippen molar-refractivity contribution in [3.05, 3.63) is 60.3 Å². The van der Waals surface area contributed by atoms with Gasteiger partial charge in [0.1, 0.15) is 0 Å². The fourth-order valence-corrected chi connectivity index (χ4v) is 3.53. The predicted octanol–water partition coefficient (Wildman–Crippen LogP) is 4.59. The number of methoxy groups -OCH3 is 2. The number of rotatable bonds is 6. The minimum Gasteiger partial charge on any atom is -0.493 e. The highest BCUT2D eigenvalue weighted by atomic mass is 32.2. The van der Waals surface area contributed by atoms with Crippen molar-refractivity contribution in [1.82, 2.24) is 15.2 Å². The van der Waals surface area contributed by atoms with Gasteiger partial charge in [-0.3, -0.25) is 4.98 Å². The molecule has 0 aliphatic rings. The molecule has 0 aliphatic carbocycles. The lowest BCUT2D eigenvalue weighted by atomic mass is 10.1. The summed E-state index contributed by atoms with van der Waals surface area (Å²) >= 11 is 1.49. The Bertz CT molecular complexity index is 1080. The Kier molecular flexibility index (Phi) is 4.93. The number of hydrogen-bond acceptors (Lipinski definition) is 7. The molecule has 136 valence electrons. The molecule has 0 radical (unpaired) electrons. The number of benzene rings is 2. The molecule has 2 aromatic carbocycles. The molecule has 4 aromatic rings. The largest absolute Gasteiger partial charge is 0.493 e. The average Bonchev–Trinajstić information content (AvgIpc) is 3.20. The van der Waals surface area contributed by atoms with Gasteiger partial charge in [0, 0.05) is 22.9 Å². The van der Waals surface area contributed by atoms with Gasteiger partial charge in [-0.25, -0.2) is 0 Å². The van der Waals surface area contributed by atoms with Crippen LogP contribution in [-0.4, -0.2) is 29.4 Å². The van der Waals surface area contributed by atoms with Crippen LogP contribution in [0.2, 0.25) is 0 Å². The summed E-state index contributed by atoms with van der Waals surface area (Å²) in [6.45, 7) is 0. The zero-order chi connectivity index (χ0) is 18.6. The Balaban J connectivity index is 1.53. The van der Waals surface area contributed by atoms with E-state index in [4.69, 9.17) is 13.9 Å². The van der Waals surface area contributed by atoms with E-state index in [2.05, 4.69) is 33.4 Å². The van der Waals surface area contributed by atoms with Crippen LogP contribution >= 0.6 is 11.8 Å². The summed E-state index contributed by atoms with van der Waals surface area (Å²) < 4.78 is 16.4. The lowest BCUT2D eigenvalue weighted by Crippen LogP contribution is -1.90. The molecule has 0 bridgehead atoms. The number of nitrogens with zero attached hydrogens (tertiary/aromatic N) is 3. The van der Waals surface area contributed by atoms with Crippen molar-refractivity contribution in [1.29, 1.82) is 0 Å². The number of pyridine rings is 1. The first-order valence-electron chi connectivity index (χ1n) is 8.30. The summed E-state index contributed by atoms with van der Waals surface area (Å²) in [5, 5.41) is 9.91. The molecule has 27 heavy (non-hydrogen) atoms. The summed E-state index contributed by atoms with van der Waals surface area (Å²) in [6.07, 6.45) is 1.80. The van der Waals surface area contributed by atoms with Crippen LogP contribution in [0.5, 0.6) is 11.5 Å². The van der Waals surface area contributed by atoms with Gasteiger partial charge in [0.15, 0.2) is 11.5 Å². The molecular formula is C20H17N3O3S. The second-order valence-corrected chi connectivity index (χ2v) is 6.65. The van der Waals surface area contributed by atoms with Crippen LogP contribution in [0, 0.1) is 0 Å². The van der Waals surface area contributed by atoms with Crippen molar-refractivity contribution in [3.63, 3.8) is 0 Å². The number of hydrogen-bond donors (Lipinski definition) is 0. The first-order valence-corrected chi connectivity index (χ1v) is 9.28. The van der Waals surface area contributed by atoms with Gasteiger partial charge in [0.05, 0.1) is 19.7 Å². The molecule has 0 saturated heterocycles. The highest BCUT2D eigenvalue weighted by Gasteiger charge is 2.13. The topological polar surface area (TPSA) is 70.3 Å². The number of fused-ring (bicyclic) bond motifs is 1. The van der Waals surface area contributed by atoms with E-state index in [1.165, 1.54) is 11.8 Å². The number of para-hydroxylation sites is 1. The molecule has 0 atom stereocenters. The molecule has 0 N–H and O–H groups in total. The lowest BCUT2D eigenvalue weighted by Gasteiger charge is -2.07. The smallest absolute Gasteiger partial charge is 0.277 e. The SMILES string of the molecule is COc1ccc(-c2nnc(SCc3cccc4cccnc34)o2)cc1OC. The molecule has 0 fully saturated rings. The summed E-state index contributed by atoms with van der Waals surface area (Å²) in [5.74, 6) is 2.40. The number of thioether (sulfide) groups is 1. The third-order valence-electron chi connectivity index (χ3n) is 4.10. The first-order chi connectivity index (χ1) is 13.3. The molecule has 0 unspecified atom stereocenters. The second-order valence-electron chi connectivity index (χ2n) is 5.72. The van der Waals surface area contributed by atoms with E-state index >= 15 is 0 Å².